The highest BCUT2D eigenvalue weighted by Gasteiger charge is 1.96. The Bertz CT molecular complexity index is 461. The van der Waals surface area contributed by atoms with E-state index in [1.54, 1.807) is 12.5 Å². The van der Waals surface area contributed by atoms with Crippen LogP contribution in [0.2, 0.25) is 0 Å². The summed E-state index contributed by atoms with van der Waals surface area (Å²) in [5.41, 5.74) is 5.16. The smallest absolute Gasteiger partial charge is 0.106 e. The van der Waals surface area contributed by atoms with E-state index in [-0.39, 0.29) is 0 Å². The Morgan fingerprint density at radius 2 is 2.06 bits per heavy atom. The van der Waals surface area contributed by atoms with E-state index in [2.05, 4.69) is 10.5 Å². The summed E-state index contributed by atoms with van der Waals surface area (Å²) in [6.45, 7) is 0.733. The van der Waals surface area contributed by atoms with Gasteiger partial charge in [0.2, 0.25) is 0 Å². The summed E-state index contributed by atoms with van der Waals surface area (Å²) in [6, 6.07) is 8.05. The van der Waals surface area contributed by atoms with E-state index in [0.29, 0.717) is 0 Å². The molecule has 1 N–H and O–H groups in total. The molecule has 0 amide bonds. The van der Waals surface area contributed by atoms with E-state index < -0.39 is 0 Å². The first-order valence-electron chi connectivity index (χ1n) is 5.45. The van der Waals surface area contributed by atoms with Gasteiger partial charge in [0.15, 0.2) is 0 Å². The van der Waals surface area contributed by atoms with E-state index in [1.165, 1.54) is 5.56 Å². The van der Waals surface area contributed by atoms with Crippen molar-refractivity contribution in [1.82, 2.24) is 0 Å². The molecule has 1 aromatic carbocycles. The summed E-state index contributed by atoms with van der Waals surface area (Å²) in [5, 5.41) is 3.95. The third kappa shape index (κ3) is 3.65. The number of hydrogen-bond donors (Lipinski definition) is 1. The van der Waals surface area contributed by atoms with Gasteiger partial charge in [-0.15, -0.1) is 0 Å². The molecule has 2 heterocycles. The Morgan fingerprint density at radius 1 is 1.12 bits per heavy atom. The largest absolute Gasteiger partial charge is 0.497 e. The van der Waals surface area contributed by atoms with Gasteiger partial charge in [0.25, 0.3) is 0 Å². The minimum Gasteiger partial charge on any atom is -0.497 e. The number of nitrogens with zero attached hydrogens (tertiary/aromatic N) is 1. The van der Waals surface area contributed by atoms with Crippen molar-refractivity contribution in [3.63, 3.8) is 0 Å². The molecule has 2 aliphatic rings. The van der Waals surface area contributed by atoms with Crippen molar-refractivity contribution in [2.75, 3.05) is 12.0 Å². The predicted molar refractivity (Wildman–Crippen MR) is 71.8 cm³/mol. The molecule has 17 heavy (non-hydrogen) atoms. The third-order valence-electron chi connectivity index (χ3n) is 2.20. The Morgan fingerprint density at radius 3 is 2.76 bits per heavy atom. The summed E-state index contributed by atoms with van der Waals surface area (Å²) in [5.74, 6) is 0. The van der Waals surface area contributed by atoms with Crippen molar-refractivity contribution in [1.29, 1.82) is 0 Å². The average molecular weight is 226 g/mol. The zero-order valence-corrected chi connectivity index (χ0v) is 9.41. The lowest BCUT2D eigenvalue weighted by Gasteiger charge is -2.00. The van der Waals surface area contributed by atoms with E-state index in [9.17, 15) is 0 Å². The van der Waals surface area contributed by atoms with Gasteiger partial charge in [-0.25, -0.2) is 0 Å². The standard InChI is InChI=1S/C9H8N2.C5H6O/c1-2-6-9-8(4-1)5-3-7-10-11-9;1-2-4-6-5-3-1/h1-7,11H;1-4H,5H2. The molecule has 0 spiro atoms. The summed E-state index contributed by atoms with van der Waals surface area (Å²) in [6.07, 6.45) is 13.1. The highest BCUT2D eigenvalue weighted by atomic mass is 16.5. The van der Waals surface area contributed by atoms with Crippen molar-refractivity contribution in [2.45, 2.75) is 0 Å². The highest BCUT2D eigenvalue weighted by molar-refractivity contribution is 5.83. The molecule has 0 atom stereocenters. The molecule has 86 valence electrons. The topological polar surface area (TPSA) is 33.6 Å². The maximum atomic E-state index is 4.80. The normalized spacial score (nSPS) is 14.8. The highest BCUT2D eigenvalue weighted by Crippen LogP contribution is 2.17. The van der Waals surface area contributed by atoms with Crippen molar-refractivity contribution < 1.29 is 4.74 Å². The predicted octanol–water partition coefficient (Wildman–Crippen LogP) is 3.20. The van der Waals surface area contributed by atoms with Crippen molar-refractivity contribution in [3.8, 4) is 0 Å². The van der Waals surface area contributed by atoms with Crippen LogP contribution in [0.5, 0.6) is 0 Å². The van der Waals surface area contributed by atoms with E-state index in [1.807, 2.05) is 54.6 Å². The van der Waals surface area contributed by atoms with Crippen LogP contribution in [0.25, 0.3) is 6.08 Å². The fraction of sp³-hybridized carbons (Fsp3) is 0.0714. The minimum atomic E-state index is 0.733. The van der Waals surface area contributed by atoms with Gasteiger partial charge in [-0.1, -0.05) is 30.4 Å². The number of anilines is 1. The van der Waals surface area contributed by atoms with Crippen LogP contribution in [-0.2, 0) is 4.74 Å². The molecule has 3 nitrogen and oxygen atoms in total. The molecular weight excluding hydrogens is 212 g/mol. The molecule has 1 aromatic rings. The lowest BCUT2D eigenvalue weighted by atomic mass is 10.2. The van der Waals surface area contributed by atoms with Crippen LogP contribution in [0.1, 0.15) is 5.56 Å². The van der Waals surface area contributed by atoms with E-state index in [4.69, 9.17) is 4.74 Å². The van der Waals surface area contributed by atoms with Gasteiger partial charge < -0.3 is 4.74 Å². The van der Waals surface area contributed by atoms with Gasteiger partial charge in [-0.2, -0.15) is 5.10 Å². The zero-order valence-electron chi connectivity index (χ0n) is 9.41. The van der Waals surface area contributed by atoms with Crippen LogP contribution >= 0.6 is 0 Å². The van der Waals surface area contributed by atoms with Crippen molar-refractivity contribution in [2.24, 2.45) is 5.10 Å². The summed E-state index contributed by atoms with van der Waals surface area (Å²) < 4.78 is 4.80. The van der Waals surface area contributed by atoms with Crippen LogP contribution in [0.15, 0.2) is 59.9 Å². The number of nitrogens with one attached hydrogen (secondary N) is 1. The summed E-state index contributed by atoms with van der Waals surface area (Å²) in [7, 11) is 0. The fourth-order valence-electron chi connectivity index (χ4n) is 1.39. The van der Waals surface area contributed by atoms with Crippen LogP contribution in [0, 0.1) is 0 Å². The molecule has 3 rings (SSSR count). The average Bonchev–Trinajstić information content (AvgIpc) is 2.66. The molecule has 0 aliphatic carbocycles. The van der Waals surface area contributed by atoms with Gasteiger partial charge in [0.05, 0.1) is 11.9 Å². The number of ether oxygens (including phenoxy) is 1. The van der Waals surface area contributed by atoms with Gasteiger partial charge in [-0.3, -0.25) is 5.43 Å². The second-order valence-electron chi connectivity index (χ2n) is 3.43. The molecule has 0 bridgehead atoms. The fourth-order valence-corrected chi connectivity index (χ4v) is 1.39. The van der Waals surface area contributed by atoms with Crippen LogP contribution in [0.3, 0.4) is 0 Å². The van der Waals surface area contributed by atoms with E-state index in [0.717, 1.165) is 12.3 Å². The molecule has 0 unspecified atom stereocenters. The summed E-state index contributed by atoms with van der Waals surface area (Å²) >= 11 is 0. The second-order valence-corrected chi connectivity index (χ2v) is 3.43. The van der Waals surface area contributed by atoms with Crippen LogP contribution in [0.4, 0.5) is 5.69 Å². The first-order valence-corrected chi connectivity index (χ1v) is 5.45. The Labute approximate surface area is 101 Å². The monoisotopic (exact) mass is 226 g/mol. The molecule has 0 saturated heterocycles. The van der Waals surface area contributed by atoms with Gasteiger partial charge >= 0.3 is 0 Å². The number of fused-ring (bicyclic) bond motifs is 1. The number of para-hydroxylation sites is 1. The SMILES string of the molecule is C1=CCOC=C1.C1=Cc2ccccc2NN=C1. The Kier molecular flexibility index (Phi) is 4.17. The molecule has 0 saturated carbocycles. The molecule has 2 aliphatic heterocycles. The number of benzene rings is 1. The maximum Gasteiger partial charge on any atom is 0.106 e. The first-order chi connectivity index (χ1) is 8.47. The number of allylic oxidation sites excluding steroid dienone is 3. The lowest BCUT2D eigenvalue weighted by Crippen LogP contribution is -1.87. The van der Waals surface area contributed by atoms with Crippen molar-refractivity contribution in [3.05, 3.63) is 60.4 Å². The van der Waals surface area contributed by atoms with E-state index >= 15 is 0 Å². The first kappa shape index (κ1) is 11.2. The molecule has 0 radical (unpaired) electrons. The minimum absolute atomic E-state index is 0.733. The lowest BCUT2D eigenvalue weighted by molar-refractivity contribution is 0.286. The number of hydrogen-bond acceptors (Lipinski definition) is 3. The molecule has 0 fully saturated rings. The second kappa shape index (κ2) is 6.33. The van der Waals surface area contributed by atoms with Crippen LogP contribution < -0.4 is 5.43 Å². The molecule has 0 aromatic heterocycles. The van der Waals surface area contributed by atoms with Gasteiger partial charge in [0, 0.05) is 6.21 Å². The third-order valence-corrected chi connectivity index (χ3v) is 2.20. The van der Waals surface area contributed by atoms with Crippen LogP contribution in [-0.4, -0.2) is 12.8 Å². The number of rotatable bonds is 0. The maximum absolute atomic E-state index is 4.80. The quantitative estimate of drug-likeness (QED) is 0.737. The summed E-state index contributed by atoms with van der Waals surface area (Å²) in [4.78, 5) is 0. The van der Waals surface area contributed by atoms with Gasteiger partial charge in [-0.05, 0) is 29.9 Å². The Balaban J connectivity index is 0.000000153. The molecule has 3 heteroatoms. The molecular formula is C14H14N2O. The zero-order chi connectivity index (χ0) is 11.8. The Hall–Kier alpha value is -2.29. The van der Waals surface area contributed by atoms with Gasteiger partial charge in [0.1, 0.15) is 6.61 Å². The number of hydrazone groups is 1. The van der Waals surface area contributed by atoms with Crippen molar-refractivity contribution >= 4 is 18.0 Å².